The molecule has 3 aliphatic heterocycles. The molecule has 3 saturated heterocycles. The highest BCUT2D eigenvalue weighted by Gasteiger charge is 2.37. The normalized spacial score (nSPS) is 28.5. The van der Waals surface area contributed by atoms with Gasteiger partial charge >= 0.3 is 0 Å². The minimum Gasteiger partial charge on any atom is -0.372 e. The fourth-order valence-corrected chi connectivity index (χ4v) is 2.53. The number of aldehydes is 1. The van der Waals surface area contributed by atoms with Gasteiger partial charge in [-0.15, -0.1) is 0 Å². The van der Waals surface area contributed by atoms with Crippen LogP contribution in [-0.4, -0.2) is 36.5 Å². The Bertz CT molecular complexity index is 371. The summed E-state index contributed by atoms with van der Waals surface area (Å²) in [6, 6.07) is 7.82. The Kier molecular flexibility index (Phi) is 2.50. The molecule has 0 saturated carbocycles. The fourth-order valence-electron chi connectivity index (χ4n) is 2.53. The standard InChI is InChI=1S/C13H15NO2/c15-9-11-3-1-10(2-4-11)6-14-7-12-5-13(8-14)16-12/h1-4,9,12-13H,5-8H2. The van der Waals surface area contributed by atoms with Gasteiger partial charge in [-0.3, -0.25) is 9.69 Å². The van der Waals surface area contributed by atoms with Gasteiger partial charge in [-0.1, -0.05) is 24.3 Å². The van der Waals surface area contributed by atoms with E-state index >= 15 is 0 Å². The number of fused-ring (bicyclic) bond motifs is 2. The molecule has 1 aromatic rings. The molecule has 3 nitrogen and oxygen atoms in total. The van der Waals surface area contributed by atoms with Crippen LogP contribution in [0.25, 0.3) is 0 Å². The molecule has 3 aliphatic rings. The number of hydrogen-bond acceptors (Lipinski definition) is 3. The first kappa shape index (κ1) is 10.00. The van der Waals surface area contributed by atoms with Gasteiger partial charge in [0.25, 0.3) is 0 Å². The highest BCUT2D eigenvalue weighted by Crippen LogP contribution is 2.28. The molecule has 3 fully saturated rings. The van der Waals surface area contributed by atoms with Gasteiger partial charge in [0, 0.05) is 31.6 Å². The molecule has 3 heterocycles. The van der Waals surface area contributed by atoms with Crippen molar-refractivity contribution in [2.75, 3.05) is 13.1 Å². The lowest BCUT2D eigenvalue weighted by atomic mass is 9.98. The largest absolute Gasteiger partial charge is 0.372 e. The van der Waals surface area contributed by atoms with Crippen LogP contribution in [0.2, 0.25) is 0 Å². The highest BCUT2D eigenvalue weighted by molar-refractivity contribution is 5.74. The average Bonchev–Trinajstić information content (AvgIpc) is 2.29. The van der Waals surface area contributed by atoms with Crippen LogP contribution in [0.1, 0.15) is 22.3 Å². The summed E-state index contributed by atoms with van der Waals surface area (Å²) in [7, 11) is 0. The van der Waals surface area contributed by atoms with E-state index in [-0.39, 0.29) is 0 Å². The van der Waals surface area contributed by atoms with E-state index in [0.29, 0.717) is 12.2 Å². The maximum Gasteiger partial charge on any atom is 0.150 e. The monoisotopic (exact) mass is 217 g/mol. The van der Waals surface area contributed by atoms with Crippen molar-refractivity contribution in [2.45, 2.75) is 25.2 Å². The molecule has 1 aromatic carbocycles. The average molecular weight is 217 g/mol. The topological polar surface area (TPSA) is 29.5 Å². The van der Waals surface area contributed by atoms with Gasteiger partial charge in [-0.05, 0) is 5.56 Å². The third kappa shape index (κ3) is 1.88. The number of benzene rings is 1. The van der Waals surface area contributed by atoms with Crippen molar-refractivity contribution in [1.82, 2.24) is 4.90 Å². The molecule has 2 bridgehead atoms. The van der Waals surface area contributed by atoms with Gasteiger partial charge < -0.3 is 4.74 Å². The summed E-state index contributed by atoms with van der Waals surface area (Å²) in [6.45, 7) is 3.06. The van der Waals surface area contributed by atoms with Crippen molar-refractivity contribution in [3.05, 3.63) is 35.4 Å². The van der Waals surface area contributed by atoms with E-state index in [1.807, 2.05) is 24.3 Å². The molecular weight excluding hydrogens is 202 g/mol. The second kappa shape index (κ2) is 4.00. The maximum absolute atomic E-state index is 10.5. The molecule has 2 atom stereocenters. The van der Waals surface area contributed by atoms with Gasteiger partial charge in [-0.2, -0.15) is 0 Å². The van der Waals surface area contributed by atoms with Crippen LogP contribution < -0.4 is 0 Å². The minimum atomic E-state index is 0.466. The number of hydrogen-bond donors (Lipinski definition) is 0. The molecule has 84 valence electrons. The van der Waals surface area contributed by atoms with Crippen LogP contribution >= 0.6 is 0 Å². The third-order valence-corrected chi connectivity index (χ3v) is 3.36. The number of nitrogens with zero attached hydrogens (tertiary/aromatic N) is 1. The van der Waals surface area contributed by atoms with Gasteiger partial charge in [0.1, 0.15) is 6.29 Å². The van der Waals surface area contributed by atoms with Crippen LogP contribution in [0.4, 0.5) is 0 Å². The zero-order chi connectivity index (χ0) is 11.0. The van der Waals surface area contributed by atoms with Gasteiger partial charge in [0.2, 0.25) is 0 Å². The first-order valence-corrected chi connectivity index (χ1v) is 5.75. The molecule has 16 heavy (non-hydrogen) atoms. The maximum atomic E-state index is 10.5. The zero-order valence-corrected chi connectivity index (χ0v) is 9.13. The first-order valence-electron chi connectivity index (χ1n) is 5.75. The number of ether oxygens (including phenoxy) is 1. The quantitative estimate of drug-likeness (QED) is 0.718. The number of rotatable bonds is 3. The van der Waals surface area contributed by atoms with Crippen molar-refractivity contribution >= 4 is 6.29 Å². The zero-order valence-electron chi connectivity index (χ0n) is 9.13. The third-order valence-electron chi connectivity index (χ3n) is 3.36. The molecule has 0 amide bonds. The second-order valence-corrected chi connectivity index (χ2v) is 4.67. The van der Waals surface area contributed by atoms with E-state index in [1.165, 1.54) is 12.0 Å². The summed E-state index contributed by atoms with van der Waals surface area (Å²) in [5.41, 5.74) is 2.01. The summed E-state index contributed by atoms with van der Waals surface area (Å²) in [5, 5.41) is 0. The van der Waals surface area contributed by atoms with Crippen molar-refractivity contribution in [3.8, 4) is 0 Å². The Labute approximate surface area is 95.0 Å². The molecule has 0 spiro atoms. The summed E-state index contributed by atoms with van der Waals surface area (Å²) in [4.78, 5) is 13.0. The lowest BCUT2D eigenvalue weighted by Crippen LogP contribution is -2.56. The smallest absolute Gasteiger partial charge is 0.150 e. The van der Waals surface area contributed by atoms with E-state index in [0.717, 1.165) is 31.5 Å². The lowest BCUT2D eigenvalue weighted by molar-refractivity contribution is -0.182. The predicted octanol–water partition coefficient (Wildman–Crippen LogP) is 1.47. The van der Waals surface area contributed by atoms with Crippen LogP contribution in [0.5, 0.6) is 0 Å². The van der Waals surface area contributed by atoms with Crippen molar-refractivity contribution in [3.63, 3.8) is 0 Å². The highest BCUT2D eigenvalue weighted by atomic mass is 16.5. The van der Waals surface area contributed by atoms with Gasteiger partial charge in [0.05, 0.1) is 12.2 Å². The Balaban J connectivity index is 1.62. The van der Waals surface area contributed by atoms with Crippen molar-refractivity contribution in [2.24, 2.45) is 0 Å². The van der Waals surface area contributed by atoms with E-state index in [4.69, 9.17) is 4.74 Å². The predicted molar refractivity (Wildman–Crippen MR) is 60.4 cm³/mol. The van der Waals surface area contributed by atoms with Crippen LogP contribution in [-0.2, 0) is 11.3 Å². The molecule has 0 aliphatic carbocycles. The number of morpholine rings is 1. The van der Waals surface area contributed by atoms with E-state index < -0.39 is 0 Å². The Morgan fingerprint density at radius 1 is 1.25 bits per heavy atom. The van der Waals surface area contributed by atoms with Gasteiger partial charge in [-0.25, -0.2) is 0 Å². The van der Waals surface area contributed by atoms with Crippen LogP contribution in [0.15, 0.2) is 24.3 Å². The number of piperidine rings is 1. The summed E-state index contributed by atoms with van der Waals surface area (Å²) >= 11 is 0. The van der Waals surface area contributed by atoms with Crippen LogP contribution in [0.3, 0.4) is 0 Å². The summed E-state index contributed by atoms with van der Waals surface area (Å²) in [5.74, 6) is 0. The Morgan fingerprint density at radius 3 is 2.44 bits per heavy atom. The minimum absolute atomic E-state index is 0.466. The molecular formula is C13H15NO2. The second-order valence-electron chi connectivity index (χ2n) is 4.67. The summed E-state index contributed by atoms with van der Waals surface area (Å²) in [6.07, 6.45) is 3.05. The molecule has 3 heteroatoms. The number of carbonyl (C=O) groups excluding carboxylic acids is 1. The fraction of sp³-hybridized carbons (Fsp3) is 0.462. The Morgan fingerprint density at radius 2 is 1.88 bits per heavy atom. The van der Waals surface area contributed by atoms with Gasteiger partial charge in [0.15, 0.2) is 0 Å². The van der Waals surface area contributed by atoms with E-state index in [9.17, 15) is 4.79 Å². The molecule has 0 radical (unpaired) electrons. The molecule has 2 unspecified atom stereocenters. The van der Waals surface area contributed by atoms with Crippen LogP contribution in [0, 0.1) is 0 Å². The van der Waals surface area contributed by atoms with E-state index in [2.05, 4.69) is 4.90 Å². The van der Waals surface area contributed by atoms with Crippen molar-refractivity contribution in [1.29, 1.82) is 0 Å². The van der Waals surface area contributed by atoms with E-state index in [1.54, 1.807) is 0 Å². The summed E-state index contributed by atoms with van der Waals surface area (Å²) < 4.78 is 5.59. The number of carbonyl (C=O) groups is 1. The molecule has 0 aromatic heterocycles. The van der Waals surface area contributed by atoms with Crippen molar-refractivity contribution < 1.29 is 9.53 Å². The lowest BCUT2D eigenvalue weighted by Gasteiger charge is -2.47. The molecule has 4 rings (SSSR count). The first-order chi connectivity index (χ1) is 7.83. The molecule has 0 N–H and O–H groups in total. The Hall–Kier alpha value is -1.19. The SMILES string of the molecule is O=Cc1ccc(CN2CC3CC(C2)O3)cc1.